The Hall–Kier alpha value is -1.19. The van der Waals surface area contributed by atoms with Crippen LogP contribution in [0.25, 0.3) is 0 Å². The Balaban J connectivity index is 1.83. The highest BCUT2D eigenvalue weighted by Crippen LogP contribution is 2.35. The smallest absolute Gasteiger partial charge is 0.0965 e. The number of fused-ring (bicyclic) bond motifs is 1. The van der Waals surface area contributed by atoms with E-state index in [0.717, 1.165) is 19.4 Å². The molecule has 2 N–H and O–H groups in total. The van der Waals surface area contributed by atoms with Gasteiger partial charge >= 0.3 is 0 Å². The second-order valence-corrected chi connectivity index (χ2v) is 6.42. The first-order valence-corrected chi connectivity index (χ1v) is 7.82. The zero-order chi connectivity index (χ0) is 13.2. The monoisotopic (exact) mass is 272 g/mol. The second kappa shape index (κ2) is 5.43. The molecule has 1 aromatic heterocycles. The van der Waals surface area contributed by atoms with E-state index in [0.29, 0.717) is 5.92 Å². The van der Waals surface area contributed by atoms with Crippen molar-refractivity contribution >= 4 is 11.3 Å². The van der Waals surface area contributed by atoms with Gasteiger partial charge in [0.1, 0.15) is 0 Å². The predicted molar refractivity (Wildman–Crippen MR) is 80.8 cm³/mol. The summed E-state index contributed by atoms with van der Waals surface area (Å²) in [5.74, 6) is 0.602. The van der Waals surface area contributed by atoms with Crippen LogP contribution in [-0.4, -0.2) is 11.5 Å². The lowest BCUT2D eigenvalue weighted by molar-refractivity contribution is 0.581. The number of aryl methyl sites for hydroxylation is 2. The van der Waals surface area contributed by atoms with Gasteiger partial charge in [-0.3, -0.25) is 0 Å². The lowest BCUT2D eigenvalue weighted by atomic mass is 9.84. The molecule has 2 nitrogen and oxygen atoms in total. The molecule has 0 fully saturated rings. The van der Waals surface area contributed by atoms with Crippen molar-refractivity contribution in [2.75, 3.05) is 6.54 Å². The summed E-state index contributed by atoms with van der Waals surface area (Å²) in [6.07, 6.45) is 4.52. The fraction of sp³-hybridized carbons (Fsp3) is 0.438. The van der Waals surface area contributed by atoms with Crippen LogP contribution in [0.3, 0.4) is 0 Å². The number of nitrogens with two attached hydrogens (primary N) is 1. The topological polar surface area (TPSA) is 38.9 Å². The lowest BCUT2D eigenvalue weighted by Crippen LogP contribution is -2.12. The number of thiazole rings is 1. The maximum Gasteiger partial charge on any atom is 0.0965 e. The van der Waals surface area contributed by atoms with Crippen LogP contribution in [0.4, 0.5) is 0 Å². The third-order valence-corrected chi connectivity index (χ3v) is 5.36. The Morgan fingerprint density at radius 2 is 2.11 bits per heavy atom. The molecule has 1 aliphatic carbocycles. The number of nitrogens with zero attached hydrogens (tertiary/aromatic N) is 1. The molecule has 2 aromatic rings. The highest BCUT2D eigenvalue weighted by atomic mass is 32.1. The Morgan fingerprint density at radius 3 is 2.89 bits per heavy atom. The zero-order valence-electron chi connectivity index (χ0n) is 11.4. The average molecular weight is 272 g/mol. The predicted octanol–water partition coefficient (Wildman–Crippen LogP) is 3.23. The van der Waals surface area contributed by atoms with Gasteiger partial charge in [0.2, 0.25) is 0 Å². The first kappa shape index (κ1) is 12.8. The van der Waals surface area contributed by atoms with Gasteiger partial charge in [0.15, 0.2) is 0 Å². The van der Waals surface area contributed by atoms with E-state index in [2.05, 4.69) is 31.2 Å². The summed E-state index contributed by atoms with van der Waals surface area (Å²) >= 11 is 1.87. The van der Waals surface area contributed by atoms with Crippen molar-refractivity contribution in [1.82, 2.24) is 4.98 Å². The van der Waals surface area contributed by atoms with Crippen LogP contribution in [0, 0.1) is 6.92 Å². The first-order chi connectivity index (χ1) is 9.28. The van der Waals surface area contributed by atoms with Gasteiger partial charge < -0.3 is 5.73 Å². The zero-order valence-corrected chi connectivity index (χ0v) is 12.2. The minimum Gasteiger partial charge on any atom is -0.330 e. The van der Waals surface area contributed by atoms with Gasteiger partial charge in [-0.1, -0.05) is 24.3 Å². The van der Waals surface area contributed by atoms with E-state index < -0.39 is 0 Å². The van der Waals surface area contributed by atoms with Gasteiger partial charge in [-0.25, -0.2) is 4.98 Å². The van der Waals surface area contributed by atoms with Crippen LogP contribution < -0.4 is 5.73 Å². The van der Waals surface area contributed by atoms with Crippen molar-refractivity contribution in [2.24, 2.45) is 5.73 Å². The van der Waals surface area contributed by atoms with E-state index in [1.807, 2.05) is 11.3 Å². The summed E-state index contributed by atoms with van der Waals surface area (Å²) in [6, 6.07) is 8.82. The number of hydrogen-bond donors (Lipinski definition) is 1. The molecule has 19 heavy (non-hydrogen) atoms. The molecule has 1 unspecified atom stereocenters. The van der Waals surface area contributed by atoms with E-state index in [1.54, 1.807) is 0 Å². The maximum absolute atomic E-state index is 5.66. The van der Waals surface area contributed by atoms with Crippen LogP contribution >= 0.6 is 11.3 Å². The van der Waals surface area contributed by atoms with Crippen molar-refractivity contribution in [1.29, 1.82) is 0 Å². The second-order valence-electron chi connectivity index (χ2n) is 5.31. The summed E-state index contributed by atoms with van der Waals surface area (Å²) in [6.45, 7) is 2.83. The van der Waals surface area contributed by atoms with Crippen molar-refractivity contribution in [3.05, 3.63) is 51.0 Å². The van der Waals surface area contributed by atoms with Gasteiger partial charge in [0.25, 0.3) is 0 Å². The van der Waals surface area contributed by atoms with Crippen LogP contribution in [0.2, 0.25) is 0 Å². The lowest BCUT2D eigenvalue weighted by Gasteiger charge is -2.22. The summed E-state index contributed by atoms with van der Waals surface area (Å²) < 4.78 is 0. The summed E-state index contributed by atoms with van der Waals surface area (Å²) in [4.78, 5) is 6.16. The Kier molecular flexibility index (Phi) is 3.67. The molecule has 1 aliphatic rings. The van der Waals surface area contributed by atoms with Crippen LogP contribution in [-0.2, 0) is 19.3 Å². The molecule has 0 saturated carbocycles. The Labute approximate surface area is 118 Å². The molecule has 1 atom stereocenters. The number of aromatic nitrogens is 1. The third-order valence-electron chi connectivity index (χ3n) is 3.98. The third kappa shape index (κ3) is 2.58. The minimum atomic E-state index is 0.602. The highest BCUT2D eigenvalue weighted by molar-refractivity contribution is 7.11. The summed E-state index contributed by atoms with van der Waals surface area (Å²) in [5, 5.41) is 1.32. The van der Waals surface area contributed by atoms with E-state index >= 15 is 0 Å². The molecule has 1 heterocycles. The Morgan fingerprint density at radius 1 is 1.32 bits per heavy atom. The molecule has 0 saturated heterocycles. The van der Waals surface area contributed by atoms with Gasteiger partial charge in [0.05, 0.1) is 10.7 Å². The molecule has 0 radical (unpaired) electrons. The quantitative estimate of drug-likeness (QED) is 0.931. The number of hydrogen-bond acceptors (Lipinski definition) is 3. The standard InChI is InChI=1S/C16H20N2S/c1-11-15(8-9-17)19-16(18-11)14-7-6-12-4-2-3-5-13(12)10-14/h2-5,14H,6-10,17H2,1H3. The van der Waals surface area contributed by atoms with Gasteiger partial charge in [-0.15, -0.1) is 11.3 Å². The fourth-order valence-electron chi connectivity index (χ4n) is 2.90. The molecule has 0 amide bonds. The molecule has 0 aliphatic heterocycles. The normalized spacial score (nSPS) is 18.3. The summed E-state index contributed by atoms with van der Waals surface area (Å²) in [5.41, 5.74) is 9.87. The van der Waals surface area contributed by atoms with Gasteiger partial charge in [-0.2, -0.15) is 0 Å². The van der Waals surface area contributed by atoms with E-state index in [9.17, 15) is 0 Å². The molecule has 3 rings (SSSR count). The summed E-state index contributed by atoms with van der Waals surface area (Å²) in [7, 11) is 0. The van der Waals surface area contributed by atoms with E-state index in [1.165, 1.54) is 39.5 Å². The van der Waals surface area contributed by atoms with Crippen molar-refractivity contribution < 1.29 is 0 Å². The SMILES string of the molecule is Cc1nc(C2CCc3ccccc3C2)sc1CCN. The van der Waals surface area contributed by atoms with Gasteiger partial charge in [-0.05, 0) is 50.3 Å². The molecule has 3 heteroatoms. The average Bonchev–Trinajstić information content (AvgIpc) is 2.80. The molecule has 1 aromatic carbocycles. The van der Waals surface area contributed by atoms with Gasteiger partial charge in [0, 0.05) is 10.8 Å². The Bertz CT molecular complexity index is 574. The molecule has 100 valence electrons. The molecular formula is C16H20N2S. The number of rotatable bonds is 3. The fourth-order valence-corrected chi connectivity index (χ4v) is 4.11. The largest absolute Gasteiger partial charge is 0.330 e. The number of benzene rings is 1. The van der Waals surface area contributed by atoms with Crippen molar-refractivity contribution in [2.45, 2.75) is 38.5 Å². The first-order valence-electron chi connectivity index (χ1n) is 7.01. The minimum absolute atomic E-state index is 0.602. The van der Waals surface area contributed by atoms with Crippen molar-refractivity contribution in [3.8, 4) is 0 Å². The molecule has 0 bridgehead atoms. The maximum atomic E-state index is 5.66. The highest BCUT2D eigenvalue weighted by Gasteiger charge is 2.23. The molecular weight excluding hydrogens is 252 g/mol. The van der Waals surface area contributed by atoms with Crippen molar-refractivity contribution in [3.63, 3.8) is 0 Å². The van der Waals surface area contributed by atoms with Crippen LogP contribution in [0.1, 0.15) is 39.0 Å². The van der Waals surface area contributed by atoms with Crippen LogP contribution in [0.15, 0.2) is 24.3 Å². The molecule has 0 spiro atoms. The van der Waals surface area contributed by atoms with E-state index in [-0.39, 0.29) is 0 Å². The van der Waals surface area contributed by atoms with Crippen LogP contribution in [0.5, 0.6) is 0 Å². The van der Waals surface area contributed by atoms with E-state index in [4.69, 9.17) is 10.7 Å².